The van der Waals surface area contributed by atoms with Crippen molar-refractivity contribution in [2.75, 3.05) is 7.11 Å². The summed E-state index contributed by atoms with van der Waals surface area (Å²) >= 11 is 1.48. The summed E-state index contributed by atoms with van der Waals surface area (Å²) in [5, 5.41) is 0.848. The summed E-state index contributed by atoms with van der Waals surface area (Å²) in [6.45, 7) is 1.88. The number of methoxy groups -OCH3 is 1. The Kier molecular flexibility index (Phi) is 3.62. The normalized spacial score (nSPS) is 10.3. The highest BCUT2D eigenvalue weighted by Crippen LogP contribution is 2.34. The molecule has 1 aromatic heterocycles. The molecule has 1 amide bonds. The molecule has 0 spiro atoms. The molecule has 0 unspecified atom stereocenters. The Morgan fingerprint density at radius 2 is 2.17 bits per heavy atom. The monoisotopic (exact) mass is 262 g/mol. The second-order valence-corrected chi connectivity index (χ2v) is 4.95. The number of hydrogen-bond donors (Lipinski definition) is 1. The molecular formula is C13H14N2O2S. The van der Waals surface area contributed by atoms with Gasteiger partial charge in [-0.25, -0.2) is 4.98 Å². The second kappa shape index (κ2) is 5.18. The Bertz CT molecular complexity index is 578. The van der Waals surface area contributed by atoms with Crippen LogP contribution in [0, 0.1) is 6.92 Å². The highest BCUT2D eigenvalue weighted by molar-refractivity contribution is 7.15. The van der Waals surface area contributed by atoms with Crippen molar-refractivity contribution in [3.05, 3.63) is 34.8 Å². The average molecular weight is 262 g/mol. The highest BCUT2D eigenvalue weighted by atomic mass is 32.1. The van der Waals surface area contributed by atoms with Crippen molar-refractivity contribution in [3.8, 4) is 16.3 Å². The number of amides is 1. The molecule has 0 fully saturated rings. The molecule has 0 aliphatic rings. The van der Waals surface area contributed by atoms with Crippen molar-refractivity contribution >= 4 is 17.2 Å². The number of primary amides is 1. The van der Waals surface area contributed by atoms with Crippen LogP contribution in [0.1, 0.15) is 10.6 Å². The third kappa shape index (κ3) is 2.51. The van der Waals surface area contributed by atoms with Crippen LogP contribution in [0.3, 0.4) is 0 Å². The number of aryl methyl sites for hydroxylation is 1. The van der Waals surface area contributed by atoms with Crippen LogP contribution in [-0.2, 0) is 11.2 Å². The van der Waals surface area contributed by atoms with E-state index >= 15 is 0 Å². The maximum atomic E-state index is 11.0. The third-order valence-corrected chi connectivity index (χ3v) is 3.76. The molecule has 0 aliphatic heterocycles. The Morgan fingerprint density at radius 3 is 2.83 bits per heavy atom. The summed E-state index contributed by atoms with van der Waals surface area (Å²) in [6, 6.07) is 7.68. The standard InChI is InChI=1S/C13H14N2O2S/c1-8-11(7-12(14)16)18-13(15-8)9-5-3-4-6-10(9)17-2/h3-6H,7H2,1-2H3,(H2,14,16). The predicted octanol–water partition coefficient (Wildman–Crippen LogP) is 2.15. The minimum atomic E-state index is -0.340. The molecule has 4 nitrogen and oxygen atoms in total. The zero-order valence-corrected chi connectivity index (χ0v) is 11.1. The van der Waals surface area contributed by atoms with Crippen molar-refractivity contribution in [2.45, 2.75) is 13.3 Å². The smallest absolute Gasteiger partial charge is 0.222 e. The van der Waals surface area contributed by atoms with Gasteiger partial charge in [-0.15, -0.1) is 11.3 Å². The van der Waals surface area contributed by atoms with Crippen LogP contribution in [0.4, 0.5) is 0 Å². The van der Waals surface area contributed by atoms with Gasteiger partial charge in [0.05, 0.1) is 24.8 Å². The quantitative estimate of drug-likeness (QED) is 0.918. The second-order valence-electron chi connectivity index (χ2n) is 3.87. The summed E-state index contributed by atoms with van der Waals surface area (Å²) in [6.07, 6.45) is 0.235. The van der Waals surface area contributed by atoms with Crippen molar-refractivity contribution in [1.29, 1.82) is 0 Å². The predicted molar refractivity (Wildman–Crippen MR) is 71.7 cm³/mol. The number of carbonyl (C=O) groups excluding carboxylic acids is 1. The van der Waals surface area contributed by atoms with Gasteiger partial charge in [0.25, 0.3) is 0 Å². The van der Waals surface area contributed by atoms with E-state index in [0.717, 1.165) is 26.9 Å². The Hall–Kier alpha value is -1.88. The van der Waals surface area contributed by atoms with Crippen molar-refractivity contribution in [2.24, 2.45) is 5.73 Å². The van der Waals surface area contributed by atoms with Crippen molar-refractivity contribution < 1.29 is 9.53 Å². The van der Waals surface area contributed by atoms with Gasteiger partial charge in [0, 0.05) is 4.88 Å². The number of thiazole rings is 1. The maximum absolute atomic E-state index is 11.0. The van der Waals surface area contributed by atoms with Gasteiger partial charge in [0.1, 0.15) is 10.8 Å². The van der Waals surface area contributed by atoms with Gasteiger partial charge in [0.15, 0.2) is 0 Å². The average Bonchev–Trinajstić information content (AvgIpc) is 2.70. The van der Waals surface area contributed by atoms with Crippen molar-refractivity contribution in [1.82, 2.24) is 4.98 Å². The molecular weight excluding hydrogens is 248 g/mol. The van der Waals surface area contributed by atoms with E-state index in [2.05, 4.69) is 4.98 Å². The summed E-state index contributed by atoms with van der Waals surface area (Å²) in [5.41, 5.74) is 6.99. The zero-order chi connectivity index (χ0) is 13.1. The van der Waals surface area contributed by atoms with E-state index in [9.17, 15) is 4.79 Å². The molecule has 1 heterocycles. The summed E-state index contributed by atoms with van der Waals surface area (Å²) in [4.78, 5) is 16.3. The van der Waals surface area contributed by atoms with Crippen LogP contribution < -0.4 is 10.5 Å². The van der Waals surface area contributed by atoms with Gasteiger partial charge in [-0.1, -0.05) is 12.1 Å². The first-order chi connectivity index (χ1) is 8.61. The number of hydrogen-bond acceptors (Lipinski definition) is 4. The number of nitrogens with zero attached hydrogens (tertiary/aromatic N) is 1. The van der Waals surface area contributed by atoms with Gasteiger partial charge in [-0.3, -0.25) is 4.79 Å². The fourth-order valence-corrected chi connectivity index (χ4v) is 2.79. The number of benzene rings is 1. The molecule has 1 aromatic carbocycles. The molecule has 0 aliphatic carbocycles. The minimum absolute atomic E-state index is 0.235. The van der Waals surface area contributed by atoms with Crippen LogP contribution in [0.5, 0.6) is 5.75 Å². The van der Waals surface area contributed by atoms with Gasteiger partial charge < -0.3 is 10.5 Å². The van der Waals surface area contributed by atoms with E-state index in [1.165, 1.54) is 11.3 Å². The molecule has 0 atom stereocenters. The lowest BCUT2D eigenvalue weighted by atomic mass is 10.2. The lowest BCUT2D eigenvalue weighted by Gasteiger charge is -2.04. The summed E-state index contributed by atoms with van der Waals surface area (Å²) < 4.78 is 5.30. The van der Waals surface area contributed by atoms with Crippen LogP contribution in [0.15, 0.2) is 24.3 Å². The van der Waals surface area contributed by atoms with Crippen molar-refractivity contribution in [3.63, 3.8) is 0 Å². The molecule has 0 radical (unpaired) electrons. The molecule has 2 N–H and O–H groups in total. The summed E-state index contributed by atoms with van der Waals surface area (Å²) in [7, 11) is 1.63. The molecule has 5 heteroatoms. The first-order valence-corrected chi connectivity index (χ1v) is 6.31. The molecule has 2 rings (SSSR count). The topological polar surface area (TPSA) is 65.2 Å². The van der Waals surface area contributed by atoms with E-state index in [1.54, 1.807) is 7.11 Å². The number of carbonyl (C=O) groups is 1. The van der Waals surface area contributed by atoms with Gasteiger partial charge in [-0.05, 0) is 19.1 Å². The fourth-order valence-electron chi connectivity index (χ4n) is 1.69. The Labute approximate surface area is 109 Å². The number of aromatic nitrogens is 1. The van der Waals surface area contributed by atoms with Crippen LogP contribution in [0.25, 0.3) is 10.6 Å². The molecule has 0 saturated carbocycles. The van der Waals surface area contributed by atoms with E-state index in [-0.39, 0.29) is 12.3 Å². The van der Waals surface area contributed by atoms with Crippen LogP contribution in [-0.4, -0.2) is 18.0 Å². The largest absolute Gasteiger partial charge is 0.496 e. The summed E-state index contributed by atoms with van der Waals surface area (Å²) in [5.74, 6) is 0.435. The number of ether oxygens (including phenoxy) is 1. The van der Waals surface area contributed by atoms with E-state index < -0.39 is 0 Å². The lowest BCUT2D eigenvalue weighted by Crippen LogP contribution is -2.13. The molecule has 18 heavy (non-hydrogen) atoms. The van der Waals surface area contributed by atoms with Gasteiger partial charge in [0.2, 0.25) is 5.91 Å². The van der Waals surface area contributed by atoms with Crippen LogP contribution in [0.2, 0.25) is 0 Å². The molecule has 0 bridgehead atoms. The number of rotatable bonds is 4. The van der Waals surface area contributed by atoms with Gasteiger partial charge in [-0.2, -0.15) is 0 Å². The SMILES string of the molecule is COc1ccccc1-c1nc(C)c(CC(N)=O)s1. The van der Waals surface area contributed by atoms with Crippen LogP contribution >= 0.6 is 11.3 Å². The zero-order valence-electron chi connectivity index (χ0n) is 10.3. The third-order valence-electron chi connectivity index (χ3n) is 2.56. The Balaban J connectivity index is 2.42. The number of para-hydroxylation sites is 1. The minimum Gasteiger partial charge on any atom is -0.496 e. The number of nitrogens with two attached hydrogens (primary N) is 1. The molecule has 94 valence electrons. The first kappa shape index (κ1) is 12.6. The molecule has 0 saturated heterocycles. The highest BCUT2D eigenvalue weighted by Gasteiger charge is 2.13. The fraction of sp³-hybridized carbons (Fsp3) is 0.231. The van der Waals surface area contributed by atoms with E-state index in [0.29, 0.717) is 0 Å². The Morgan fingerprint density at radius 1 is 1.44 bits per heavy atom. The van der Waals surface area contributed by atoms with Gasteiger partial charge >= 0.3 is 0 Å². The van der Waals surface area contributed by atoms with E-state index in [4.69, 9.17) is 10.5 Å². The lowest BCUT2D eigenvalue weighted by molar-refractivity contribution is -0.117. The van der Waals surface area contributed by atoms with E-state index in [1.807, 2.05) is 31.2 Å². The molecule has 2 aromatic rings. The first-order valence-electron chi connectivity index (χ1n) is 5.50. The maximum Gasteiger partial charge on any atom is 0.222 e.